The first kappa shape index (κ1) is 14.2. The van der Waals surface area contributed by atoms with Crippen LogP contribution in [0.1, 0.15) is 38.5 Å². The van der Waals surface area contributed by atoms with Crippen molar-refractivity contribution in [3.8, 4) is 0 Å². The van der Waals surface area contributed by atoms with E-state index in [1.54, 1.807) is 11.4 Å². The standard InChI is InChI=1S/C12H25N3O2S/c1-14(9-4-8-13)18(16,17)15-10-3-6-11-5-2-7-12(11)15/h11-12H,2-10,13H2,1H3. The Balaban J connectivity index is 2.08. The van der Waals surface area contributed by atoms with Gasteiger partial charge in [-0.15, -0.1) is 0 Å². The fourth-order valence-corrected chi connectivity index (χ4v) is 5.00. The van der Waals surface area contributed by atoms with Crippen molar-refractivity contribution in [2.45, 2.75) is 44.6 Å². The normalized spacial score (nSPS) is 29.7. The number of nitrogens with zero attached hydrogens (tertiary/aromatic N) is 2. The van der Waals surface area contributed by atoms with E-state index in [9.17, 15) is 8.42 Å². The van der Waals surface area contributed by atoms with E-state index in [1.807, 2.05) is 0 Å². The van der Waals surface area contributed by atoms with Crippen LogP contribution < -0.4 is 5.73 Å². The molecule has 0 aromatic heterocycles. The first-order valence-electron chi connectivity index (χ1n) is 7.00. The molecule has 1 aliphatic heterocycles. The van der Waals surface area contributed by atoms with Crippen molar-refractivity contribution in [2.24, 2.45) is 11.7 Å². The summed E-state index contributed by atoms with van der Waals surface area (Å²) in [6.07, 6.45) is 6.33. The average Bonchev–Trinajstić information content (AvgIpc) is 2.83. The van der Waals surface area contributed by atoms with Crippen LogP contribution in [0.25, 0.3) is 0 Å². The molecular weight excluding hydrogens is 250 g/mol. The molecule has 1 aliphatic carbocycles. The molecular formula is C12H25N3O2S. The molecule has 0 spiro atoms. The molecule has 0 amide bonds. The highest BCUT2D eigenvalue weighted by molar-refractivity contribution is 7.86. The van der Waals surface area contributed by atoms with Crippen LogP contribution in [0, 0.1) is 5.92 Å². The lowest BCUT2D eigenvalue weighted by Crippen LogP contribution is -2.51. The molecule has 0 aromatic rings. The van der Waals surface area contributed by atoms with E-state index in [0.29, 0.717) is 25.6 Å². The van der Waals surface area contributed by atoms with Crippen molar-refractivity contribution in [1.29, 1.82) is 0 Å². The van der Waals surface area contributed by atoms with Gasteiger partial charge in [0, 0.05) is 26.2 Å². The van der Waals surface area contributed by atoms with Gasteiger partial charge in [-0.25, -0.2) is 0 Å². The van der Waals surface area contributed by atoms with Gasteiger partial charge in [-0.05, 0) is 44.6 Å². The van der Waals surface area contributed by atoms with Crippen LogP contribution in [0.3, 0.4) is 0 Å². The summed E-state index contributed by atoms with van der Waals surface area (Å²) in [4.78, 5) is 0. The maximum Gasteiger partial charge on any atom is 0.281 e. The smallest absolute Gasteiger partial charge is 0.281 e. The molecule has 2 atom stereocenters. The Morgan fingerprint density at radius 1 is 1.28 bits per heavy atom. The van der Waals surface area contributed by atoms with E-state index < -0.39 is 10.2 Å². The first-order valence-corrected chi connectivity index (χ1v) is 8.40. The molecule has 5 nitrogen and oxygen atoms in total. The summed E-state index contributed by atoms with van der Waals surface area (Å²) in [7, 11) is -1.61. The monoisotopic (exact) mass is 275 g/mol. The molecule has 2 rings (SSSR count). The lowest BCUT2D eigenvalue weighted by atomic mass is 9.94. The molecule has 106 valence electrons. The van der Waals surface area contributed by atoms with E-state index in [2.05, 4.69) is 0 Å². The minimum absolute atomic E-state index is 0.254. The van der Waals surface area contributed by atoms with E-state index >= 15 is 0 Å². The predicted molar refractivity (Wildman–Crippen MR) is 72.3 cm³/mol. The lowest BCUT2D eigenvalue weighted by molar-refractivity contribution is 0.191. The highest BCUT2D eigenvalue weighted by Gasteiger charge is 2.41. The van der Waals surface area contributed by atoms with Crippen LogP contribution in [0.5, 0.6) is 0 Å². The molecule has 6 heteroatoms. The largest absolute Gasteiger partial charge is 0.330 e. The van der Waals surface area contributed by atoms with Crippen LogP contribution in [-0.4, -0.2) is 49.8 Å². The van der Waals surface area contributed by atoms with Gasteiger partial charge in [0.05, 0.1) is 0 Å². The Morgan fingerprint density at radius 3 is 2.72 bits per heavy atom. The molecule has 2 aliphatic rings. The maximum absolute atomic E-state index is 12.5. The van der Waals surface area contributed by atoms with Crippen molar-refractivity contribution in [2.75, 3.05) is 26.7 Å². The third-order valence-corrected chi connectivity index (χ3v) is 6.33. The maximum atomic E-state index is 12.5. The number of fused-ring (bicyclic) bond motifs is 1. The van der Waals surface area contributed by atoms with E-state index in [1.165, 1.54) is 23.6 Å². The van der Waals surface area contributed by atoms with Gasteiger partial charge >= 0.3 is 0 Å². The van der Waals surface area contributed by atoms with Gasteiger partial charge in [-0.1, -0.05) is 6.42 Å². The van der Waals surface area contributed by atoms with Crippen molar-refractivity contribution in [3.05, 3.63) is 0 Å². The highest BCUT2D eigenvalue weighted by Crippen LogP contribution is 2.38. The Hall–Kier alpha value is -0.170. The SMILES string of the molecule is CN(CCCN)S(=O)(=O)N1CCCC2CCCC21. The summed E-state index contributed by atoms with van der Waals surface area (Å²) in [6.45, 7) is 1.75. The number of nitrogens with two attached hydrogens (primary N) is 1. The second-order valence-electron chi connectivity index (χ2n) is 5.48. The topological polar surface area (TPSA) is 66.6 Å². The molecule has 2 unspecified atom stereocenters. The van der Waals surface area contributed by atoms with Crippen LogP contribution in [0.4, 0.5) is 0 Å². The summed E-state index contributed by atoms with van der Waals surface area (Å²) < 4.78 is 28.3. The zero-order valence-corrected chi connectivity index (χ0v) is 12.0. The number of hydrogen-bond donors (Lipinski definition) is 1. The fourth-order valence-electron chi connectivity index (χ4n) is 3.30. The van der Waals surface area contributed by atoms with Gasteiger partial charge in [0.1, 0.15) is 0 Å². The van der Waals surface area contributed by atoms with Gasteiger partial charge in [0.25, 0.3) is 10.2 Å². The molecule has 2 N–H and O–H groups in total. The van der Waals surface area contributed by atoms with Crippen LogP contribution in [0.15, 0.2) is 0 Å². The number of rotatable bonds is 5. The van der Waals surface area contributed by atoms with Crippen molar-refractivity contribution in [3.63, 3.8) is 0 Å². The van der Waals surface area contributed by atoms with Crippen LogP contribution in [-0.2, 0) is 10.2 Å². The molecule has 0 radical (unpaired) electrons. The quantitative estimate of drug-likeness (QED) is 0.806. The van der Waals surface area contributed by atoms with Gasteiger partial charge in [-0.3, -0.25) is 0 Å². The van der Waals surface area contributed by atoms with E-state index in [-0.39, 0.29) is 6.04 Å². The van der Waals surface area contributed by atoms with Crippen molar-refractivity contribution >= 4 is 10.2 Å². The summed E-state index contributed by atoms with van der Waals surface area (Å²) >= 11 is 0. The Labute approximate surface area is 110 Å². The van der Waals surface area contributed by atoms with E-state index in [4.69, 9.17) is 5.73 Å². The first-order chi connectivity index (χ1) is 8.57. The Bertz CT molecular complexity index is 372. The minimum atomic E-state index is -3.28. The predicted octanol–water partition coefficient (Wildman–Crippen LogP) is 0.776. The minimum Gasteiger partial charge on any atom is -0.330 e. The van der Waals surface area contributed by atoms with Gasteiger partial charge in [0.15, 0.2) is 0 Å². The Kier molecular flexibility index (Phi) is 4.64. The molecule has 0 bridgehead atoms. The van der Waals surface area contributed by atoms with Gasteiger partial charge < -0.3 is 5.73 Å². The number of piperidine rings is 1. The molecule has 1 heterocycles. The zero-order chi connectivity index (χ0) is 13.2. The lowest BCUT2D eigenvalue weighted by Gasteiger charge is -2.38. The third-order valence-electron chi connectivity index (χ3n) is 4.31. The summed E-state index contributed by atoms with van der Waals surface area (Å²) in [5.41, 5.74) is 5.45. The number of hydrogen-bond acceptors (Lipinski definition) is 3. The molecule has 0 aromatic carbocycles. The molecule has 1 saturated heterocycles. The van der Waals surface area contributed by atoms with Crippen LogP contribution >= 0.6 is 0 Å². The Morgan fingerprint density at radius 2 is 2.00 bits per heavy atom. The molecule has 18 heavy (non-hydrogen) atoms. The summed E-state index contributed by atoms with van der Waals surface area (Å²) in [6, 6.07) is 0.254. The second kappa shape index (κ2) is 5.86. The average molecular weight is 275 g/mol. The van der Waals surface area contributed by atoms with Gasteiger partial charge in [0.2, 0.25) is 0 Å². The summed E-state index contributed by atoms with van der Waals surface area (Å²) in [5, 5.41) is 0. The fraction of sp³-hybridized carbons (Fsp3) is 1.00. The second-order valence-corrected chi connectivity index (χ2v) is 7.47. The van der Waals surface area contributed by atoms with Crippen molar-refractivity contribution in [1.82, 2.24) is 8.61 Å². The van der Waals surface area contributed by atoms with Crippen molar-refractivity contribution < 1.29 is 8.42 Å². The molecule has 2 fully saturated rings. The summed E-state index contributed by atoms with van der Waals surface area (Å²) in [5.74, 6) is 0.594. The van der Waals surface area contributed by atoms with Gasteiger partial charge in [-0.2, -0.15) is 17.0 Å². The van der Waals surface area contributed by atoms with E-state index in [0.717, 1.165) is 19.3 Å². The highest BCUT2D eigenvalue weighted by atomic mass is 32.2. The third kappa shape index (κ3) is 2.71. The van der Waals surface area contributed by atoms with Crippen LogP contribution in [0.2, 0.25) is 0 Å². The molecule has 1 saturated carbocycles. The zero-order valence-electron chi connectivity index (χ0n) is 11.2.